The standard InChI is InChI=1S/C14H12N2O2/c17-14(18)9-11-4-6-12(7-5-11)16-10-13-3-1-2-8-15-13/h1-8,10H,9H2,(H,17,18). The number of carboxylic acids is 1. The molecule has 0 unspecified atom stereocenters. The zero-order chi connectivity index (χ0) is 12.8. The molecule has 0 bridgehead atoms. The first-order valence-electron chi connectivity index (χ1n) is 5.50. The average molecular weight is 240 g/mol. The zero-order valence-corrected chi connectivity index (χ0v) is 9.65. The van der Waals surface area contributed by atoms with E-state index in [9.17, 15) is 4.79 Å². The average Bonchev–Trinajstić information content (AvgIpc) is 2.38. The maximum absolute atomic E-state index is 10.5. The molecule has 0 atom stereocenters. The van der Waals surface area contributed by atoms with Crippen LogP contribution in [0.15, 0.2) is 53.7 Å². The molecule has 90 valence electrons. The third kappa shape index (κ3) is 3.52. The van der Waals surface area contributed by atoms with Crippen molar-refractivity contribution in [3.63, 3.8) is 0 Å². The smallest absolute Gasteiger partial charge is 0.307 e. The van der Waals surface area contributed by atoms with Gasteiger partial charge in [0.2, 0.25) is 0 Å². The largest absolute Gasteiger partial charge is 0.481 e. The van der Waals surface area contributed by atoms with Crippen molar-refractivity contribution in [2.24, 2.45) is 4.99 Å². The summed E-state index contributed by atoms with van der Waals surface area (Å²) in [6.45, 7) is 0. The molecule has 1 aromatic heterocycles. The van der Waals surface area contributed by atoms with E-state index in [-0.39, 0.29) is 6.42 Å². The van der Waals surface area contributed by atoms with Gasteiger partial charge in [-0.1, -0.05) is 18.2 Å². The lowest BCUT2D eigenvalue weighted by Gasteiger charge is -1.97. The minimum Gasteiger partial charge on any atom is -0.481 e. The second-order valence-corrected chi connectivity index (χ2v) is 3.75. The molecule has 4 heteroatoms. The predicted molar refractivity (Wildman–Crippen MR) is 69.3 cm³/mol. The fourth-order valence-electron chi connectivity index (χ4n) is 1.47. The highest BCUT2D eigenvalue weighted by molar-refractivity contribution is 5.79. The zero-order valence-electron chi connectivity index (χ0n) is 9.65. The molecular weight excluding hydrogens is 228 g/mol. The van der Waals surface area contributed by atoms with Crippen LogP contribution in [0.1, 0.15) is 11.3 Å². The maximum atomic E-state index is 10.5. The number of hydrogen-bond donors (Lipinski definition) is 1. The number of hydrogen-bond acceptors (Lipinski definition) is 3. The Hall–Kier alpha value is -2.49. The Morgan fingerprint density at radius 3 is 2.61 bits per heavy atom. The molecule has 4 nitrogen and oxygen atoms in total. The highest BCUT2D eigenvalue weighted by Crippen LogP contribution is 2.13. The van der Waals surface area contributed by atoms with E-state index in [1.807, 2.05) is 18.2 Å². The van der Waals surface area contributed by atoms with Crippen molar-refractivity contribution in [1.82, 2.24) is 4.98 Å². The quantitative estimate of drug-likeness (QED) is 0.835. The van der Waals surface area contributed by atoms with Crippen LogP contribution in [0.4, 0.5) is 5.69 Å². The minimum atomic E-state index is -0.834. The molecule has 0 aliphatic rings. The molecule has 1 N–H and O–H groups in total. The van der Waals surface area contributed by atoms with Crippen LogP contribution in [0.3, 0.4) is 0 Å². The summed E-state index contributed by atoms with van der Waals surface area (Å²) >= 11 is 0. The number of carboxylic acid groups (broad SMARTS) is 1. The Morgan fingerprint density at radius 1 is 1.22 bits per heavy atom. The first-order chi connectivity index (χ1) is 8.74. The predicted octanol–water partition coefficient (Wildman–Crippen LogP) is 2.46. The highest BCUT2D eigenvalue weighted by atomic mass is 16.4. The number of aromatic nitrogens is 1. The van der Waals surface area contributed by atoms with Gasteiger partial charge < -0.3 is 5.11 Å². The second kappa shape index (κ2) is 5.72. The molecule has 0 aliphatic heterocycles. The number of benzene rings is 1. The highest BCUT2D eigenvalue weighted by Gasteiger charge is 1.99. The summed E-state index contributed by atoms with van der Waals surface area (Å²) in [6.07, 6.45) is 3.41. The third-order valence-electron chi connectivity index (χ3n) is 2.33. The van der Waals surface area contributed by atoms with Crippen LogP contribution in [0.2, 0.25) is 0 Å². The van der Waals surface area contributed by atoms with Crippen LogP contribution in [-0.4, -0.2) is 22.3 Å². The first-order valence-corrected chi connectivity index (χ1v) is 5.50. The van der Waals surface area contributed by atoms with E-state index in [0.717, 1.165) is 16.9 Å². The SMILES string of the molecule is O=C(O)Cc1ccc(N=Cc2ccccn2)cc1. The normalized spacial score (nSPS) is 10.7. The number of rotatable bonds is 4. The number of pyridine rings is 1. The Balaban J connectivity index is 2.06. The number of carbonyl (C=O) groups is 1. The van der Waals surface area contributed by atoms with Crippen LogP contribution in [-0.2, 0) is 11.2 Å². The molecule has 18 heavy (non-hydrogen) atoms. The Morgan fingerprint density at radius 2 is 2.00 bits per heavy atom. The molecule has 2 rings (SSSR count). The summed E-state index contributed by atoms with van der Waals surface area (Å²) in [6, 6.07) is 12.7. The van der Waals surface area contributed by atoms with Gasteiger partial charge in [0.25, 0.3) is 0 Å². The maximum Gasteiger partial charge on any atom is 0.307 e. The lowest BCUT2D eigenvalue weighted by molar-refractivity contribution is -0.136. The van der Waals surface area contributed by atoms with Crippen molar-refractivity contribution in [3.05, 3.63) is 59.9 Å². The molecule has 0 fully saturated rings. The Kier molecular flexibility index (Phi) is 3.81. The van der Waals surface area contributed by atoms with Crippen LogP contribution in [0.5, 0.6) is 0 Å². The van der Waals surface area contributed by atoms with Gasteiger partial charge in [0.15, 0.2) is 0 Å². The molecule has 0 saturated carbocycles. The van der Waals surface area contributed by atoms with Crippen LogP contribution < -0.4 is 0 Å². The van der Waals surface area contributed by atoms with Gasteiger partial charge in [-0.05, 0) is 29.8 Å². The van der Waals surface area contributed by atoms with Gasteiger partial charge in [0, 0.05) is 6.20 Å². The molecular formula is C14H12N2O2. The van der Waals surface area contributed by atoms with E-state index in [2.05, 4.69) is 9.98 Å². The van der Waals surface area contributed by atoms with Gasteiger partial charge in [0.1, 0.15) is 0 Å². The molecule has 2 aromatic rings. The summed E-state index contributed by atoms with van der Waals surface area (Å²) < 4.78 is 0. The van der Waals surface area contributed by atoms with Crippen molar-refractivity contribution < 1.29 is 9.90 Å². The van der Waals surface area contributed by atoms with Gasteiger partial charge in [0.05, 0.1) is 24.0 Å². The van der Waals surface area contributed by atoms with Crippen molar-refractivity contribution in [2.75, 3.05) is 0 Å². The molecule has 0 radical (unpaired) electrons. The topological polar surface area (TPSA) is 62.5 Å². The number of nitrogens with zero attached hydrogens (tertiary/aromatic N) is 2. The summed E-state index contributed by atoms with van der Waals surface area (Å²) in [5.74, 6) is -0.834. The second-order valence-electron chi connectivity index (χ2n) is 3.75. The molecule has 0 saturated heterocycles. The van der Waals surface area contributed by atoms with E-state index in [1.165, 1.54) is 0 Å². The van der Waals surface area contributed by atoms with Crippen LogP contribution in [0.25, 0.3) is 0 Å². The number of aliphatic carboxylic acids is 1. The molecule has 1 aromatic carbocycles. The molecule has 0 spiro atoms. The monoisotopic (exact) mass is 240 g/mol. The van der Waals surface area contributed by atoms with E-state index in [1.54, 1.807) is 36.7 Å². The first kappa shape index (κ1) is 12.0. The van der Waals surface area contributed by atoms with E-state index in [0.29, 0.717) is 0 Å². The van der Waals surface area contributed by atoms with E-state index < -0.39 is 5.97 Å². The minimum absolute atomic E-state index is 0.0320. The van der Waals surface area contributed by atoms with E-state index >= 15 is 0 Å². The van der Waals surface area contributed by atoms with Crippen molar-refractivity contribution in [1.29, 1.82) is 0 Å². The lowest BCUT2D eigenvalue weighted by Crippen LogP contribution is -1.99. The van der Waals surface area contributed by atoms with Gasteiger partial charge >= 0.3 is 5.97 Å². The van der Waals surface area contributed by atoms with Gasteiger partial charge in [-0.15, -0.1) is 0 Å². The van der Waals surface area contributed by atoms with Crippen molar-refractivity contribution in [2.45, 2.75) is 6.42 Å². The van der Waals surface area contributed by atoms with Gasteiger partial charge in [-0.3, -0.25) is 14.8 Å². The molecule has 0 amide bonds. The van der Waals surface area contributed by atoms with Crippen LogP contribution in [0, 0.1) is 0 Å². The molecule has 0 aliphatic carbocycles. The lowest BCUT2D eigenvalue weighted by atomic mass is 10.1. The fourth-order valence-corrected chi connectivity index (χ4v) is 1.47. The van der Waals surface area contributed by atoms with Crippen molar-refractivity contribution in [3.8, 4) is 0 Å². The Labute approximate surface area is 105 Å². The summed E-state index contributed by atoms with van der Waals surface area (Å²) in [5.41, 5.74) is 2.32. The summed E-state index contributed by atoms with van der Waals surface area (Å²) in [7, 11) is 0. The summed E-state index contributed by atoms with van der Waals surface area (Å²) in [5, 5.41) is 8.65. The fraction of sp³-hybridized carbons (Fsp3) is 0.0714. The van der Waals surface area contributed by atoms with Crippen LogP contribution >= 0.6 is 0 Å². The molecule has 1 heterocycles. The third-order valence-corrected chi connectivity index (χ3v) is 2.33. The van der Waals surface area contributed by atoms with Crippen molar-refractivity contribution >= 4 is 17.9 Å². The van der Waals surface area contributed by atoms with Gasteiger partial charge in [-0.2, -0.15) is 0 Å². The van der Waals surface area contributed by atoms with Gasteiger partial charge in [-0.25, -0.2) is 0 Å². The van der Waals surface area contributed by atoms with E-state index in [4.69, 9.17) is 5.11 Å². The Bertz CT molecular complexity index is 548. The number of aliphatic imine (C=N–C) groups is 1. The summed E-state index contributed by atoms with van der Waals surface area (Å²) in [4.78, 5) is 18.9.